The summed E-state index contributed by atoms with van der Waals surface area (Å²) in [4.78, 5) is 25.4. The van der Waals surface area contributed by atoms with Crippen molar-refractivity contribution in [3.63, 3.8) is 0 Å². The van der Waals surface area contributed by atoms with E-state index in [-0.39, 0.29) is 11.6 Å². The van der Waals surface area contributed by atoms with Gasteiger partial charge in [0.25, 0.3) is 5.91 Å². The van der Waals surface area contributed by atoms with Gasteiger partial charge < -0.3 is 19.6 Å². The molecule has 0 radical (unpaired) electrons. The molecule has 27 heavy (non-hydrogen) atoms. The van der Waals surface area contributed by atoms with Crippen molar-refractivity contribution >= 4 is 23.2 Å². The summed E-state index contributed by atoms with van der Waals surface area (Å²) in [6.07, 6.45) is 3.13. The number of anilines is 3. The van der Waals surface area contributed by atoms with Gasteiger partial charge >= 0.3 is 0 Å². The number of aromatic nitrogens is 3. The smallest absolute Gasteiger partial charge is 0.277 e. The van der Waals surface area contributed by atoms with Gasteiger partial charge in [0, 0.05) is 37.9 Å². The molecule has 3 aromatic rings. The molecule has 1 fully saturated rings. The van der Waals surface area contributed by atoms with Gasteiger partial charge in [-0.25, -0.2) is 9.97 Å². The fourth-order valence-corrected chi connectivity index (χ4v) is 3.04. The molecule has 8 heteroatoms. The van der Waals surface area contributed by atoms with Crippen molar-refractivity contribution in [2.75, 3.05) is 41.3 Å². The summed E-state index contributed by atoms with van der Waals surface area (Å²) in [7, 11) is 0. The first-order valence-corrected chi connectivity index (χ1v) is 8.81. The Morgan fingerprint density at radius 2 is 1.78 bits per heavy atom. The van der Waals surface area contributed by atoms with Gasteiger partial charge in [0.05, 0.1) is 12.4 Å². The zero-order chi connectivity index (χ0) is 18.6. The molecule has 138 valence electrons. The lowest BCUT2D eigenvalue weighted by molar-refractivity contribution is 0.102. The first-order valence-electron chi connectivity index (χ1n) is 8.81. The average Bonchev–Trinajstić information content (AvgIpc) is 3.13. The van der Waals surface area contributed by atoms with Gasteiger partial charge in [0.1, 0.15) is 17.3 Å². The fourth-order valence-electron chi connectivity index (χ4n) is 3.04. The number of carbonyl (C=O) groups excluding carboxylic acids is 1. The minimum atomic E-state index is -0.365. The summed E-state index contributed by atoms with van der Waals surface area (Å²) in [5.41, 5.74) is 1.47. The molecular formula is C19H20N6O2. The summed E-state index contributed by atoms with van der Waals surface area (Å²) < 4.78 is 4.93. The molecule has 4 rings (SSSR count). The van der Waals surface area contributed by atoms with E-state index in [9.17, 15) is 4.79 Å². The number of hydrogen-bond acceptors (Lipinski definition) is 7. The van der Waals surface area contributed by atoms with Crippen LogP contribution in [-0.4, -0.2) is 47.2 Å². The van der Waals surface area contributed by atoms with Crippen molar-refractivity contribution in [2.45, 2.75) is 6.92 Å². The van der Waals surface area contributed by atoms with Gasteiger partial charge in [0.2, 0.25) is 0 Å². The zero-order valence-electron chi connectivity index (χ0n) is 15.0. The molecule has 1 N–H and O–H groups in total. The molecule has 0 atom stereocenters. The van der Waals surface area contributed by atoms with Crippen LogP contribution in [0, 0.1) is 6.92 Å². The molecule has 0 unspecified atom stereocenters. The van der Waals surface area contributed by atoms with Gasteiger partial charge in [0.15, 0.2) is 5.82 Å². The van der Waals surface area contributed by atoms with Crippen LogP contribution in [0.1, 0.15) is 16.2 Å². The first kappa shape index (κ1) is 17.0. The van der Waals surface area contributed by atoms with E-state index in [0.29, 0.717) is 11.6 Å². The average molecular weight is 364 g/mol. The number of carbonyl (C=O) groups is 1. The Hall–Kier alpha value is -3.42. The van der Waals surface area contributed by atoms with Crippen LogP contribution >= 0.6 is 0 Å². The molecule has 1 aromatic carbocycles. The molecule has 8 nitrogen and oxygen atoms in total. The number of rotatable bonds is 4. The third kappa shape index (κ3) is 3.89. The van der Waals surface area contributed by atoms with Crippen LogP contribution in [-0.2, 0) is 0 Å². The lowest BCUT2D eigenvalue weighted by Crippen LogP contribution is -2.46. The molecule has 1 saturated heterocycles. The van der Waals surface area contributed by atoms with Gasteiger partial charge in [-0.15, -0.1) is 0 Å². The summed E-state index contributed by atoms with van der Waals surface area (Å²) in [5, 5.41) is 6.37. The highest BCUT2D eigenvalue weighted by Gasteiger charge is 2.19. The number of aryl methyl sites for hydroxylation is 1. The molecule has 2 aromatic heterocycles. The van der Waals surface area contributed by atoms with Crippen LogP contribution < -0.4 is 15.1 Å². The summed E-state index contributed by atoms with van der Waals surface area (Å²) >= 11 is 0. The monoisotopic (exact) mass is 364 g/mol. The highest BCUT2D eigenvalue weighted by molar-refractivity contribution is 6.02. The topological polar surface area (TPSA) is 87.4 Å². The second kappa shape index (κ2) is 7.45. The number of amides is 1. The van der Waals surface area contributed by atoms with E-state index in [1.165, 1.54) is 11.9 Å². The van der Waals surface area contributed by atoms with Crippen LogP contribution in [0.2, 0.25) is 0 Å². The predicted octanol–water partition coefficient (Wildman–Crippen LogP) is 2.35. The Labute approximate surface area is 156 Å². The van der Waals surface area contributed by atoms with E-state index in [1.807, 2.05) is 6.07 Å². The van der Waals surface area contributed by atoms with Crippen molar-refractivity contribution in [1.29, 1.82) is 0 Å². The van der Waals surface area contributed by atoms with Crippen LogP contribution in [0.5, 0.6) is 0 Å². The van der Waals surface area contributed by atoms with Crippen LogP contribution in [0.4, 0.5) is 17.3 Å². The molecule has 0 saturated carbocycles. The van der Waals surface area contributed by atoms with Gasteiger partial charge in [-0.3, -0.25) is 4.79 Å². The largest absolute Gasteiger partial charge is 0.368 e. The number of benzene rings is 1. The van der Waals surface area contributed by atoms with Crippen molar-refractivity contribution in [3.8, 4) is 0 Å². The second-order valence-electron chi connectivity index (χ2n) is 6.35. The Bertz CT molecular complexity index is 901. The quantitative estimate of drug-likeness (QED) is 0.760. The van der Waals surface area contributed by atoms with Crippen molar-refractivity contribution in [3.05, 3.63) is 60.2 Å². The molecule has 1 aliphatic rings. The molecule has 1 amide bonds. The normalized spacial score (nSPS) is 14.3. The second-order valence-corrected chi connectivity index (χ2v) is 6.35. The molecule has 0 spiro atoms. The number of nitrogens with one attached hydrogen (secondary N) is 1. The minimum absolute atomic E-state index is 0.238. The summed E-state index contributed by atoms with van der Waals surface area (Å²) in [6.45, 7) is 5.30. The Morgan fingerprint density at radius 3 is 2.41 bits per heavy atom. The number of nitrogens with zero attached hydrogens (tertiary/aromatic N) is 5. The van der Waals surface area contributed by atoms with Crippen LogP contribution in [0.3, 0.4) is 0 Å². The van der Waals surface area contributed by atoms with E-state index in [2.05, 4.69) is 54.5 Å². The lowest BCUT2D eigenvalue weighted by Gasteiger charge is -2.36. The van der Waals surface area contributed by atoms with Crippen molar-refractivity contribution in [2.24, 2.45) is 0 Å². The highest BCUT2D eigenvalue weighted by Crippen LogP contribution is 2.18. The van der Waals surface area contributed by atoms with Crippen LogP contribution in [0.25, 0.3) is 0 Å². The van der Waals surface area contributed by atoms with E-state index in [1.54, 1.807) is 19.2 Å². The molecule has 1 aliphatic heterocycles. The zero-order valence-corrected chi connectivity index (χ0v) is 15.0. The van der Waals surface area contributed by atoms with Gasteiger partial charge in [-0.2, -0.15) is 0 Å². The van der Waals surface area contributed by atoms with Crippen LogP contribution in [0.15, 0.2) is 53.3 Å². The van der Waals surface area contributed by atoms with Gasteiger partial charge in [-0.1, -0.05) is 23.4 Å². The van der Waals surface area contributed by atoms with Gasteiger partial charge in [-0.05, 0) is 19.1 Å². The maximum Gasteiger partial charge on any atom is 0.277 e. The predicted molar refractivity (Wildman–Crippen MR) is 102 cm³/mol. The molecule has 0 aliphatic carbocycles. The number of para-hydroxylation sites is 1. The molecule has 0 bridgehead atoms. The van der Waals surface area contributed by atoms with E-state index < -0.39 is 0 Å². The molecular weight excluding hydrogens is 344 g/mol. The van der Waals surface area contributed by atoms with E-state index in [4.69, 9.17) is 4.52 Å². The molecule has 3 heterocycles. The van der Waals surface area contributed by atoms with Crippen molar-refractivity contribution in [1.82, 2.24) is 15.1 Å². The summed E-state index contributed by atoms with van der Waals surface area (Å²) in [5.74, 6) is 1.40. The SMILES string of the molecule is Cc1cc(NC(=O)c2cnc(N3CCN(c4ccccc4)CC3)cn2)no1. The Morgan fingerprint density at radius 1 is 1.04 bits per heavy atom. The Kier molecular flexibility index (Phi) is 4.69. The highest BCUT2D eigenvalue weighted by atomic mass is 16.5. The fraction of sp³-hybridized carbons (Fsp3) is 0.263. The van der Waals surface area contributed by atoms with E-state index in [0.717, 1.165) is 32.0 Å². The number of hydrogen-bond donors (Lipinski definition) is 1. The maximum atomic E-state index is 12.2. The lowest BCUT2D eigenvalue weighted by atomic mass is 10.2. The third-order valence-corrected chi connectivity index (χ3v) is 4.47. The minimum Gasteiger partial charge on any atom is -0.368 e. The first-order chi connectivity index (χ1) is 13.2. The van der Waals surface area contributed by atoms with E-state index >= 15 is 0 Å². The maximum absolute atomic E-state index is 12.2. The summed E-state index contributed by atoms with van der Waals surface area (Å²) in [6, 6.07) is 12.0. The van der Waals surface area contributed by atoms with Crippen molar-refractivity contribution < 1.29 is 9.32 Å². The number of piperazine rings is 1. The Balaban J connectivity index is 1.36. The third-order valence-electron chi connectivity index (χ3n) is 4.47. The standard InChI is InChI=1S/C19H20N6O2/c1-14-11-17(23-27-14)22-19(26)16-12-21-18(13-20-16)25-9-7-24(8-10-25)15-5-3-2-4-6-15/h2-6,11-13H,7-10H2,1H3,(H,22,23,26).